The third-order valence-corrected chi connectivity index (χ3v) is 4.79. The fourth-order valence-corrected chi connectivity index (χ4v) is 3.06. The first kappa shape index (κ1) is 20.0. The van der Waals surface area contributed by atoms with E-state index in [1.54, 1.807) is 23.7 Å². The van der Waals surface area contributed by atoms with Gasteiger partial charge in [0.1, 0.15) is 5.75 Å². The van der Waals surface area contributed by atoms with Crippen LogP contribution in [0.15, 0.2) is 59.2 Å². The zero-order valence-electron chi connectivity index (χ0n) is 15.2. The van der Waals surface area contributed by atoms with Crippen LogP contribution in [-0.2, 0) is 0 Å². The van der Waals surface area contributed by atoms with Crippen LogP contribution in [0.25, 0.3) is 5.69 Å². The van der Waals surface area contributed by atoms with E-state index in [-0.39, 0.29) is 11.7 Å². The molecule has 28 heavy (non-hydrogen) atoms. The summed E-state index contributed by atoms with van der Waals surface area (Å²) in [4.78, 5) is 12.7. The van der Waals surface area contributed by atoms with E-state index in [0.717, 1.165) is 10.2 Å². The van der Waals surface area contributed by atoms with Crippen molar-refractivity contribution in [2.75, 3.05) is 0 Å². The van der Waals surface area contributed by atoms with Crippen LogP contribution >= 0.6 is 15.9 Å². The van der Waals surface area contributed by atoms with E-state index < -0.39 is 12.7 Å². The molecule has 3 rings (SSSR count). The molecule has 0 aliphatic heterocycles. The molecule has 1 N–H and O–H groups in total. The monoisotopic (exact) mass is 449 g/mol. The number of amides is 1. The Morgan fingerprint density at radius 1 is 1.21 bits per heavy atom. The topological polar surface area (TPSA) is 56.1 Å². The van der Waals surface area contributed by atoms with Crippen LogP contribution < -0.4 is 10.1 Å². The smallest absolute Gasteiger partial charge is 0.387 e. The first-order valence-electron chi connectivity index (χ1n) is 8.51. The van der Waals surface area contributed by atoms with E-state index in [0.29, 0.717) is 16.8 Å². The summed E-state index contributed by atoms with van der Waals surface area (Å²) in [5.74, 6) is -0.249. The molecule has 1 unspecified atom stereocenters. The van der Waals surface area contributed by atoms with Crippen molar-refractivity contribution in [3.8, 4) is 11.4 Å². The molecule has 0 fully saturated rings. The highest BCUT2D eigenvalue weighted by Gasteiger charge is 2.18. The maximum Gasteiger partial charge on any atom is 0.387 e. The number of carbonyl (C=O) groups excluding carboxylic acids is 1. The maximum atomic E-state index is 12.7. The van der Waals surface area contributed by atoms with Gasteiger partial charge in [-0.05, 0) is 55.8 Å². The molecule has 0 bridgehead atoms. The average molecular weight is 450 g/mol. The first-order valence-corrected chi connectivity index (χ1v) is 9.30. The van der Waals surface area contributed by atoms with Crippen molar-refractivity contribution in [3.05, 3.63) is 76.0 Å². The summed E-state index contributed by atoms with van der Waals surface area (Å²) >= 11 is 3.39. The number of halogens is 3. The van der Waals surface area contributed by atoms with Crippen molar-refractivity contribution < 1.29 is 18.3 Å². The van der Waals surface area contributed by atoms with Crippen molar-refractivity contribution in [2.24, 2.45) is 0 Å². The van der Waals surface area contributed by atoms with Gasteiger partial charge in [-0.2, -0.15) is 13.9 Å². The molecule has 1 aromatic heterocycles. The first-order chi connectivity index (χ1) is 13.3. The second-order valence-electron chi connectivity index (χ2n) is 6.18. The van der Waals surface area contributed by atoms with Gasteiger partial charge in [0.2, 0.25) is 0 Å². The average Bonchev–Trinajstić information content (AvgIpc) is 3.03. The number of hydrogen-bond donors (Lipinski definition) is 1. The van der Waals surface area contributed by atoms with Crippen LogP contribution in [0.4, 0.5) is 8.78 Å². The molecule has 0 radical (unpaired) electrons. The van der Waals surface area contributed by atoms with Gasteiger partial charge in [-0.1, -0.05) is 28.1 Å². The SMILES string of the molecule is Cc1c(C(=O)NC(C)c2cccc(OC(F)F)c2)cnn1-c1ccc(Br)cc1. The lowest BCUT2D eigenvalue weighted by Crippen LogP contribution is -2.27. The molecule has 0 saturated heterocycles. The quantitative estimate of drug-likeness (QED) is 0.573. The van der Waals surface area contributed by atoms with Crippen LogP contribution in [0.3, 0.4) is 0 Å². The summed E-state index contributed by atoms with van der Waals surface area (Å²) in [6, 6.07) is 13.4. The normalized spacial score (nSPS) is 12.1. The van der Waals surface area contributed by atoms with Gasteiger partial charge < -0.3 is 10.1 Å². The van der Waals surface area contributed by atoms with Gasteiger partial charge in [0, 0.05) is 4.47 Å². The van der Waals surface area contributed by atoms with Crippen LogP contribution in [0, 0.1) is 6.92 Å². The number of aromatic nitrogens is 2. The highest BCUT2D eigenvalue weighted by molar-refractivity contribution is 9.10. The number of carbonyl (C=O) groups is 1. The molecule has 0 aliphatic carbocycles. The van der Waals surface area contributed by atoms with E-state index in [1.807, 2.05) is 31.2 Å². The third-order valence-electron chi connectivity index (χ3n) is 4.26. The lowest BCUT2D eigenvalue weighted by Gasteiger charge is -2.15. The minimum atomic E-state index is -2.90. The van der Waals surface area contributed by atoms with E-state index >= 15 is 0 Å². The van der Waals surface area contributed by atoms with E-state index in [2.05, 4.69) is 31.1 Å². The van der Waals surface area contributed by atoms with Crippen LogP contribution in [0.2, 0.25) is 0 Å². The Hall–Kier alpha value is -2.74. The largest absolute Gasteiger partial charge is 0.435 e. The van der Waals surface area contributed by atoms with Gasteiger partial charge >= 0.3 is 6.61 Å². The molecule has 146 valence electrons. The molecule has 8 heteroatoms. The summed E-state index contributed by atoms with van der Waals surface area (Å²) in [5.41, 5.74) is 2.63. The van der Waals surface area contributed by atoms with Crippen molar-refractivity contribution in [1.29, 1.82) is 0 Å². The standard InChI is InChI=1S/C20H18BrF2N3O2/c1-12(14-4-3-5-17(10-14)28-20(22)23)25-19(27)18-11-24-26(13(18)2)16-8-6-15(21)7-9-16/h3-12,20H,1-2H3,(H,25,27). The second kappa shape index (κ2) is 8.52. The van der Waals surface area contributed by atoms with Crippen LogP contribution in [0.1, 0.15) is 34.6 Å². The van der Waals surface area contributed by atoms with E-state index in [9.17, 15) is 13.6 Å². The molecular weight excluding hydrogens is 432 g/mol. The zero-order valence-corrected chi connectivity index (χ0v) is 16.8. The Morgan fingerprint density at radius 2 is 1.93 bits per heavy atom. The zero-order chi connectivity index (χ0) is 20.3. The van der Waals surface area contributed by atoms with Crippen LogP contribution in [-0.4, -0.2) is 22.3 Å². The van der Waals surface area contributed by atoms with Gasteiger partial charge in [-0.25, -0.2) is 4.68 Å². The van der Waals surface area contributed by atoms with E-state index in [4.69, 9.17) is 0 Å². The Balaban J connectivity index is 1.75. The van der Waals surface area contributed by atoms with Crippen LogP contribution in [0.5, 0.6) is 5.75 Å². The second-order valence-corrected chi connectivity index (χ2v) is 7.09. The number of benzene rings is 2. The van der Waals surface area contributed by atoms with Gasteiger partial charge in [0.25, 0.3) is 5.91 Å². The Labute approximate surface area is 169 Å². The molecule has 0 spiro atoms. The van der Waals surface area contributed by atoms with Gasteiger partial charge in [-0.15, -0.1) is 0 Å². The molecule has 0 saturated carbocycles. The van der Waals surface area contributed by atoms with Gasteiger partial charge in [-0.3, -0.25) is 4.79 Å². The summed E-state index contributed by atoms with van der Waals surface area (Å²) in [5, 5.41) is 7.17. The summed E-state index contributed by atoms with van der Waals surface area (Å²) in [6.07, 6.45) is 1.51. The third kappa shape index (κ3) is 4.56. The molecule has 1 heterocycles. The Kier molecular flexibility index (Phi) is 6.08. The number of nitrogens with one attached hydrogen (secondary N) is 1. The molecule has 1 amide bonds. The Bertz CT molecular complexity index is 974. The molecule has 3 aromatic rings. The number of alkyl halides is 2. The van der Waals surface area contributed by atoms with Crippen molar-refractivity contribution in [2.45, 2.75) is 26.5 Å². The molecule has 0 aliphatic rings. The summed E-state index contributed by atoms with van der Waals surface area (Å²) in [6.45, 7) is 0.687. The molecule has 1 atom stereocenters. The summed E-state index contributed by atoms with van der Waals surface area (Å²) in [7, 11) is 0. The number of ether oxygens (including phenoxy) is 1. The highest BCUT2D eigenvalue weighted by atomic mass is 79.9. The predicted molar refractivity (Wildman–Crippen MR) is 105 cm³/mol. The van der Waals surface area contributed by atoms with Gasteiger partial charge in [0.15, 0.2) is 0 Å². The van der Waals surface area contributed by atoms with Crippen molar-refractivity contribution in [1.82, 2.24) is 15.1 Å². The molecule has 2 aromatic carbocycles. The van der Waals surface area contributed by atoms with Crippen molar-refractivity contribution >= 4 is 21.8 Å². The highest BCUT2D eigenvalue weighted by Crippen LogP contribution is 2.22. The van der Waals surface area contributed by atoms with E-state index in [1.165, 1.54) is 18.3 Å². The minimum absolute atomic E-state index is 0.0489. The summed E-state index contributed by atoms with van der Waals surface area (Å²) < 4.78 is 31.8. The predicted octanol–water partition coefficient (Wildman–Crippen LogP) is 5.04. The van der Waals surface area contributed by atoms with Gasteiger partial charge in [0.05, 0.1) is 29.2 Å². The van der Waals surface area contributed by atoms with Crippen molar-refractivity contribution in [3.63, 3.8) is 0 Å². The Morgan fingerprint density at radius 3 is 2.61 bits per heavy atom. The fraction of sp³-hybridized carbons (Fsp3) is 0.200. The minimum Gasteiger partial charge on any atom is -0.435 e. The number of nitrogens with zero attached hydrogens (tertiary/aromatic N) is 2. The lowest BCUT2D eigenvalue weighted by molar-refractivity contribution is -0.0499. The number of hydrogen-bond acceptors (Lipinski definition) is 3. The lowest BCUT2D eigenvalue weighted by atomic mass is 10.1. The number of rotatable bonds is 6. The molecule has 5 nitrogen and oxygen atoms in total. The molecular formula is C20H18BrF2N3O2. The maximum absolute atomic E-state index is 12.7. The fourth-order valence-electron chi connectivity index (χ4n) is 2.79.